The van der Waals surface area contributed by atoms with E-state index in [-0.39, 0.29) is 24.1 Å². The molecule has 3 aromatic rings. The van der Waals surface area contributed by atoms with Crippen molar-refractivity contribution in [1.29, 1.82) is 0 Å². The van der Waals surface area contributed by atoms with Gasteiger partial charge in [0.2, 0.25) is 5.91 Å². The fourth-order valence-corrected chi connectivity index (χ4v) is 3.36. The van der Waals surface area contributed by atoms with E-state index < -0.39 is 0 Å². The summed E-state index contributed by atoms with van der Waals surface area (Å²) in [5.74, 6) is -0.162. The molecule has 2 aromatic carbocycles. The highest BCUT2D eigenvalue weighted by Crippen LogP contribution is 2.16. The van der Waals surface area contributed by atoms with Crippen LogP contribution < -0.4 is 10.9 Å². The number of hydrogen-bond donors (Lipinski definition) is 1. The van der Waals surface area contributed by atoms with E-state index >= 15 is 0 Å². The molecule has 1 heterocycles. The molecular weight excluding hydrogens is 296 g/mol. The number of benzene rings is 2. The first-order valence-electron chi connectivity index (χ1n) is 7.08. The second-order valence-corrected chi connectivity index (χ2v) is 6.19. The lowest BCUT2D eigenvalue weighted by Gasteiger charge is -2.14. The van der Waals surface area contributed by atoms with Gasteiger partial charge in [-0.15, -0.1) is 0 Å². The summed E-state index contributed by atoms with van der Waals surface area (Å²) in [7, 11) is 0. The fraction of sp³-hybridized carbons (Fsp3) is 0.176. The van der Waals surface area contributed by atoms with Crippen LogP contribution >= 0.6 is 11.5 Å². The Balaban J connectivity index is 1.73. The molecule has 1 amide bonds. The molecule has 112 valence electrons. The van der Waals surface area contributed by atoms with Crippen LogP contribution in [-0.4, -0.2) is 9.86 Å². The molecule has 0 saturated carbocycles. The molecule has 0 aliphatic rings. The number of carbonyl (C=O) groups excluding carboxylic acids is 1. The summed E-state index contributed by atoms with van der Waals surface area (Å²) in [6.45, 7) is 1.98. The minimum Gasteiger partial charge on any atom is -0.348 e. The van der Waals surface area contributed by atoms with Gasteiger partial charge >= 0.3 is 0 Å². The van der Waals surface area contributed by atoms with E-state index in [1.807, 2.05) is 55.5 Å². The second kappa shape index (κ2) is 6.15. The lowest BCUT2D eigenvalue weighted by molar-refractivity contribution is -0.122. The summed E-state index contributed by atoms with van der Waals surface area (Å²) < 4.78 is 2.40. The van der Waals surface area contributed by atoms with Gasteiger partial charge < -0.3 is 5.32 Å². The van der Waals surface area contributed by atoms with Gasteiger partial charge in [0.05, 0.1) is 16.1 Å². The maximum Gasteiger partial charge on any atom is 0.268 e. The van der Waals surface area contributed by atoms with Crippen LogP contribution in [0.5, 0.6) is 0 Å². The van der Waals surface area contributed by atoms with Crippen molar-refractivity contribution in [3.05, 3.63) is 70.5 Å². The Labute approximate surface area is 132 Å². The lowest BCUT2D eigenvalue weighted by Crippen LogP contribution is -2.32. The van der Waals surface area contributed by atoms with Crippen LogP contribution in [0.4, 0.5) is 0 Å². The van der Waals surface area contributed by atoms with Crippen molar-refractivity contribution in [2.24, 2.45) is 0 Å². The van der Waals surface area contributed by atoms with Gasteiger partial charge in [0, 0.05) is 0 Å². The number of nitrogens with one attached hydrogen (secondary N) is 1. The van der Waals surface area contributed by atoms with Crippen LogP contribution in [0.15, 0.2) is 59.4 Å². The molecule has 0 aliphatic carbocycles. The molecule has 0 radical (unpaired) electrons. The summed E-state index contributed by atoms with van der Waals surface area (Å²) in [5, 5.41) is 3.59. The van der Waals surface area contributed by atoms with Crippen LogP contribution in [0, 0.1) is 0 Å². The first kappa shape index (κ1) is 14.5. The van der Waals surface area contributed by atoms with Crippen LogP contribution in [0.2, 0.25) is 0 Å². The molecule has 3 rings (SSSR count). The molecule has 0 bridgehead atoms. The topological polar surface area (TPSA) is 51.1 Å². The largest absolute Gasteiger partial charge is 0.348 e. The van der Waals surface area contributed by atoms with E-state index in [1.54, 1.807) is 6.07 Å². The summed E-state index contributed by atoms with van der Waals surface area (Å²) in [6.07, 6.45) is 0. The van der Waals surface area contributed by atoms with Crippen molar-refractivity contribution in [2.45, 2.75) is 19.5 Å². The average Bonchev–Trinajstić information content (AvgIpc) is 2.84. The standard InChI is InChI=1S/C17H16N2O2S/c1-12(13-7-3-2-4-8-13)18-16(20)11-19-17(21)14-9-5-6-10-15(14)22-19/h2-10,12H,11H2,1H3,(H,18,20)/t12-/m0/s1. The average molecular weight is 312 g/mol. The van der Waals surface area contributed by atoms with Crippen LogP contribution in [0.25, 0.3) is 10.1 Å². The molecular formula is C17H16N2O2S. The summed E-state index contributed by atoms with van der Waals surface area (Å²) in [5.41, 5.74) is 0.933. The first-order valence-corrected chi connectivity index (χ1v) is 7.85. The number of carbonyl (C=O) groups is 1. The van der Waals surface area contributed by atoms with Crippen molar-refractivity contribution in [2.75, 3.05) is 0 Å². The van der Waals surface area contributed by atoms with Crippen molar-refractivity contribution in [3.8, 4) is 0 Å². The third-order valence-corrected chi connectivity index (χ3v) is 4.58. The Kier molecular flexibility index (Phi) is 4.06. The maximum atomic E-state index is 12.2. The molecule has 22 heavy (non-hydrogen) atoms. The van der Waals surface area contributed by atoms with E-state index in [0.29, 0.717) is 5.39 Å². The summed E-state index contributed by atoms with van der Waals surface area (Å²) in [6, 6.07) is 17.1. The number of nitrogens with zero attached hydrogens (tertiary/aromatic N) is 1. The lowest BCUT2D eigenvalue weighted by atomic mass is 10.1. The molecule has 0 unspecified atom stereocenters. The van der Waals surface area contributed by atoms with E-state index in [4.69, 9.17) is 0 Å². The third-order valence-electron chi connectivity index (χ3n) is 3.52. The molecule has 1 N–H and O–H groups in total. The molecule has 0 spiro atoms. The minimum absolute atomic E-state index is 0.0509. The number of amides is 1. The third kappa shape index (κ3) is 2.94. The SMILES string of the molecule is C[C@H](NC(=O)Cn1sc2ccccc2c1=O)c1ccccc1. The Hall–Kier alpha value is -2.40. The normalized spacial score (nSPS) is 12.2. The minimum atomic E-state index is -0.162. The smallest absolute Gasteiger partial charge is 0.268 e. The van der Waals surface area contributed by atoms with Crippen molar-refractivity contribution >= 4 is 27.5 Å². The molecule has 4 nitrogen and oxygen atoms in total. The van der Waals surface area contributed by atoms with Gasteiger partial charge in [0.15, 0.2) is 0 Å². The summed E-state index contributed by atoms with van der Waals surface area (Å²) >= 11 is 1.32. The van der Waals surface area contributed by atoms with Gasteiger partial charge in [-0.2, -0.15) is 0 Å². The van der Waals surface area contributed by atoms with E-state index in [2.05, 4.69) is 5.32 Å². The maximum absolute atomic E-state index is 12.2. The van der Waals surface area contributed by atoms with Gasteiger partial charge in [-0.25, -0.2) is 0 Å². The van der Waals surface area contributed by atoms with Crippen molar-refractivity contribution < 1.29 is 4.79 Å². The number of rotatable bonds is 4. The fourth-order valence-electron chi connectivity index (χ4n) is 2.36. The molecule has 1 atom stereocenters. The Morgan fingerprint density at radius 2 is 1.82 bits per heavy atom. The van der Waals surface area contributed by atoms with Gasteiger partial charge in [-0.1, -0.05) is 54.0 Å². The zero-order valence-corrected chi connectivity index (χ0v) is 13.0. The second-order valence-electron chi connectivity index (χ2n) is 5.13. The van der Waals surface area contributed by atoms with Gasteiger partial charge in [0.1, 0.15) is 6.54 Å². The van der Waals surface area contributed by atoms with Crippen molar-refractivity contribution in [3.63, 3.8) is 0 Å². The number of hydrogen-bond acceptors (Lipinski definition) is 3. The van der Waals surface area contributed by atoms with E-state index in [0.717, 1.165) is 10.3 Å². The number of fused-ring (bicyclic) bond motifs is 1. The Morgan fingerprint density at radius 1 is 1.14 bits per heavy atom. The van der Waals surface area contributed by atoms with Crippen molar-refractivity contribution in [1.82, 2.24) is 9.27 Å². The molecule has 0 fully saturated rings. The van der Waals surface area contributed by atoms with Crippen LogP contribution in [0.1, 0.15) is 18.5 Å². The molecule has 5 heteroatoms. The quantitative estimate of drug-likeness (QED) is 0.805. The van der Waals surface area contributed by atoms with Gasteiger partial charge in [-0.05, 0) is 24.6 Å². The molecule has 0 aliphatic heterocycles. The Bertz CT molecular complexity index is 852. The van der Waals surface area contributed by atoms with Gasteiger partial charge in [-0.3, -0.25) is 13.5 Å². The first-order chi connectivity index (χ1) is 10.6. The predicted octanol–water partition coefficient (Wildman–Crippen LogP) is 2.94. The zero-order valence-electron chi connectivity index (χ0n) is 12.2. The Morgan fingerprint density at radius 3 is 2.55 bits per heavy atom. The van der Waals surface area contributed by atoms with E-state index in [9.17, 15) is 9.59 Å². The highest BCUT2D eigenvalue weighted by atomic mass is 32.1. The highest BCUT2D eigenvalue weighted by Gasteiger charge is 2.13. The summed E-state index contributed by atoms with van der Waals surface area (Å²) in [4.78, 5) is 24.4. The van der Waals surface area contributed by atoms with Gasteiger partial charge in [0.25, 0.3) is 5.56 Å². The predicted molar refractivity (Wildman–Crippen MR) is 89.1 cm³/mol. The highest BCUT2D eigenvalue weighted by molar-refractivity contribution is 7.13. The van der Waals surface area contributed by atoms with E-state index in [1.165, 1.54) is 15.5 Å². The monoisotopic (exact) mass is 312 g/mol. The molecule has 0 saturated heterocycles. The number of aromatic nitrogens is 1. The molecule has 1 aromatic heterocycles. The van der Waals surface area contributed by atoms with Crippen LogP contribution in [0.3, 0.4) is 0 Å². The van der Waals surface area contributed by atoms with Crippen LogP contribution in [-0.2, 0) is 11.3 Å². The zero-order chi connectivity index (χ0) is 15.5.